The van der Waals surface area contributed by atoms with Crippen LogP contribution in [0, 0.1) is 6.92 Å². The minimum Gasteiger partial charge on any atom is -0.494 e. The molecule has 0 unspecified atom stereocenters. The molecule has 0 aliphatic rings. The SMILES string of the molecule is CCOc1cc(C=Nn2c(-c3cc(C(C)C)c(OCC)cc3C)nc3ccccc3c2=O)ccc1OCC(=O)Nc1ccccc1. The molecule has 236 valence electrons. The van der Waals surface area contributed by atoms with Gasteiger partial charge in [-0.3, -0.25) is 9.59 Å². The summed E-state index contributed by atoms with van der Waals surface area (Å²) in [6.07, 6.45) is 1.59. The fourth-order valence-electron chi connectivity index (χ4n) is 5.05. The molecule has 0 atom stereocenters. The first kappa shape index (κ1) is 32.0. The molecule has 4 aromatic carbocycles. The summed E-state index contributed by atoms with van der Waals surface area (Å²) in [5.74, 6) is 2.01. The summed E-state index contributed by atoms with van der Waals surface area (Å²) in [6.45, 7) is 10.8. The predicted octanol–water partition coefficient (Wildman–Crippen LogP) is 7.19. The Hall–Kier alpha value is -5.44. The molecule has 0 saturated carbocycles. The normalized spacial score (nSPS) is 11.3. The molecule has 5 aromatic rings. The summed E-state index contributed by atoms with van der Waals surface area (Å²) >= 11 is 0. The van der Waals surface area contributed by atoms with Crippen LogP contribution in [0.2, 0.25) is 0 Å². The number of carbonyl (C=O) groups excluding carboxylic acids is 1. The topological polar surface area (TPSA) is 104 Å². The summed E-state index contributed by atoms with van der Waals surface area (Å²) < 4.78 is 18.9. The Morgan fingerprint density at radius 2 is 1.61 bits per heavy atom. The summed E-state index contributed by atoms with van der Waals surface area (Å²) in [4.78, 5) is 31.2. The Bertz CT molecular complexity index is 1930. The Balaban J connectivity index is 1.50. The zero-order valence-electron chi connectivity index (χ0n) is 26.7. The average molecular weight is 619 g/mol. The van der Waals surface area contributed by atoms with Crippen molar-refractivity contribution in [2.24, 2.45) is 5.10 Å². The third-order valence-corrected chi connectivity index (χ3v) is 7.28. The van der Waals surface area contributed by atoms with Gasteiger partial charge in [0, 0.05) is 11.3 Å². The van der Waals surface area contributed by atoms with Gasteiger partial charge in [0.25, 0.3) is 11.5 Å². The number of aryl methyl sites for hydroxylation is 1. The van der Waals surface area contributed by atoms with E-state index in [0.717, 1.165) is 22.4 Å². The maximum absolute atomic E-state index is 13.8. The zero-order chi connectivity index (χ0) is 32.6. The minimum atomic E-state index is -0.291. The highest BCUT2D eigenvalue weighted by Gasteiger charge is 2.19. The van der Waals surface area contributed by atoms with Crippen molar-refractivity contribution in [3.05, 3.63) is 112 Å². The number of nitrogens with zero attached hydrogens (tertiary/aromatic N) is 3. The van der Waals surface area contributed by atoms with Gasteiger partial charge in [-0.15, -0.1) is 0 Å². The third-order valence-electron chi connectivity index (χ3n) is 7.28. The van der Waals surface area contributed by atoms with E-state index >= 15 is 0 Å². The summed E-state index contributed by atoms with van der Waals surface area (Å²) in [5, 5.41) is 7.92. The number of nitrogens with one attached hydrogen (secondary N) is 1. The van der Waals surface area contributed by atoms with Gasteiger partial charge in [0.2, 0.25) is 0 Å². The van der Waals surface area contributed by atoms with Crippen LogP contribution in [0.15, 0.2) is 94.8 Å². The molecular weight excluding hydrogens is 580 g/mol. The summed E-state index contributed by atoms with van der Waals surface area (Å²) in [7, 11) is 0. The number of benzene rings is 4. The quantitative estimate of drug-likeness (QED) is 0.148. The first-order chi connectivity index (χ1) is 22.3. The van der Waals surface area contributed by atoms with Crippen molar-refractivity contribution in [3.8, 4) is 28.6 Å². The maximum Gasteiger partial charge on any atom is 0.282 e. The number of aromatic nitrogens is 2. The number of rotatable bonds is 12. The number of para-hydroxylation sites is 2. The second-order valence-electron chi connectivity index (χ2n) is 10.9. The van der Waals surface area contributed by atoms with Crippen molar-refractivity contribution >= 4 is 28.7 Å². The number of hydrogen-bond acceptors (Lipinski definition) is 7. The van der Waals surface area contributed by atoms with Crippen molar-refractivity contribution in [1.82, 2.24) is 9.66 Å². The Kier molecular flexibility index (Phi) is 10.1. The predicted molar refractivity (Wildman–Crippen MR) is 183 cm³/mol. The zero-order valence-corrected chi connectivity index (χ0v) is 26.7. The first-order valence-electron chi connectivity index (χ1n) is 15.4. The van der Waals surface area contributed by atoms with E-state index in [1.54, 1.807) is 42.6 Å². The van der Waals surface area contributed by atoms with E-state index in [9.17, 15) is 9.59 Å². The highest BCUT2D eigenvalue weighted by atomic mass is 16.5. The van der Waals surface area contributed by atoms with Crippen LogP contribution in [0.1, 0.15) is 50.3 Å². The van der Waals surface area contributed by atoms with Crippen molar-refractivity contribution in [3.63, 3.8) is 0 Å². The second-order valence-corrected chi connectivity index (χ2v) is 10.9. The van der Waals surface area contributed by atoms with Gasteiger partial charge in [-0.25, -0.2) is 4.98 Å². The fraction of sp³-hybridized carbons (Fsp3) is 0.243. The molecular formula is C37H38N4O5. The average Bonchev–Trinajstić information content (AvgIpc) is 3.04. The fourth-order valence-corrected chi connectivity index (χ4v) is 5.05. The van der Waals surface area contributed by atoms with E-state index < -0.39 is 0 Å². The molecule has 1 aromatic heterocycles. The van der Waals surface area contributed by atoms with Crippen LogP contribution in [0.3, 0.4) is 0 Å². The van der Waals surface area contributed by atoms with Gasteiger partial charge in [-0.2, -0.15) is 9.78 Å². The van der Waals surface area contributed by atoms with Crippen molar-refractivity contribution in [2.75, 3.05) is 25.1 Å². The van der Waals surface area contributed by atoms with Crippen LogP contribution in [0.4, 0.5) is 5.69 Å². The molecule has 46 heavy (non-hydrogen) atoms. The third kappa shape index (κ3) is 7.26. The first-order valence-corrected chi connectivity index (χ1v) is 15.4. The van der Waals surface area contributed by atoms with Crippen LogP contribution < -0.4 is 25.1 Å². The van der Waals surface area contributed by atoms with Crippen LogP contribution in [-0.2, 0) is 4.79 Å². The molecule has 9 heteroatoms. The van der Waals surface area contributed by atoms with Gasteiger partial charge in [-0.1, -0.05) is 44.2 Å². The number of hydrogen-bond donors (Lipinski definition) is 1. The van der Waals surface area contributed by atoms with Gasteiger partial charge >= 0.3 is 0 Å². The molecule has 0 saturated heterocycles. The van der Waals surface area contributed by atoms with Crippen LogP contribution >= 0.6 is 0 Å². The van der Waals surface area contributed by atoms with E-state index in [1.165, 1.54) is 4.68 Å². The summed E-state index contributed by atoms with van der Waals surface area (Å²) in [6, 6.07) is 25.7. The lowest BCUT2D eigenvalue weighted by Gasteiger charge is -2.18. The molecule has 0 aliphatic carbocycles. The molecule has 1 N–H and O–H groups in total. The molecule has 1 heterocycles. The number of ether oxygens (including phenoxy) is 3. The van der Waals surface area contributed by atoms with Crippen molar-refractivity contribution in [2.45, 2.75) is 40.5 Å². The Morgan fingerprint density at radius 1 is 0.891 bits per heavy atom. The highest BCUT2D eigenvalue weighted by molar-refractivity contribution is 5.92. The molecule has 0 fully saturated rings. The lowest BCUT2D eigenvalue weighted by atomic mass is 9.96. The van der Waals surface area contributed by atoms with E-state index in [0.29, 0.717) is 52.7 Å². The van der Waals surface area contributed by atoms with E-state index in [2.05, 4.69) is 24.3 Å². The van der Waals surface area contributed by atoms with Gasteiger partial charge < -0.3 is 19.5 Å². The lowest BCUT2D eigenvalue weighted by molar-refractivity contribution is -0.118. The second kappa shape index (κ2) is 14.6. The Labute approximate surface area is 268 Å². The molecule has 0 radical (unpaired) electrons. The van der Waals surface area contributed by atoms with Gasteiger partial charge in [0.15, 0.2) is 23.9 Å². The Morgan fingerprint density at radius 3 is 2.35 bits per heavy atom. The van der Waals surface area contributed by atoms with Crippen LogP contribution in [0.25, 0.3) is 22.3 Å². The number of amides is 1. The lowest BCUT2D eigenvalue weighted by Crippen LogP contribution is -2.21. The van der Waals surface area contributed by atoms with E-state index in [4.69, 9.17) is 19.2 Å². The largest absolute Gasteiger partial charge is 0.494 e. The van der Waals surface area contributed by atoms with E-state index in [1.807, 2.05) is 69.3 Å². The monoisotopic (exact) mass is 618 g/mol. The molecule has 0 spiro atoms. The van der Waals surface area contributed by atoms with Crippen molar-refractivity contribution in [1.29, 1.82) is 0 Å². The molecule has 0 bridgehead atoms. The molecule has 0 aliphatic heterocycles. The maximum atomic E-state index is 13.8. The van der Waals surface area contributed by atoms with Crippen LogP contribution in [0.5, 0.6) is 17.2 Å². The minimum absolute atomic E-state index is 0.187. The van der Waals surface area contributed by atoms with Crippen LogP contribution in [-0.4, -0.2) is 41.6 Å². The summed E-state index contributed by atoms with van der Waals surface area (Å²) in [5.41, 5.74) is 4.38. The standard InChI is InChI=1S/C37H38N4O5/c1-6-44-33-19-25(5)30(21-29(33)24(3)4)36-40-31-16-12-11-15-28(31)37(43)41(36)38-22-26-17-18-32(34(20-26)45-7-2)46-23-35(42)39-27-13-9-8-10-14-27/h8-22,24H,6-7,23H2,1-5H3,(H,39,42). The smallest absolute Gasteiger partial charge is 0.282 e. The number of fused-ring (bicyclic) bond motifs is 1. The number of carbonyl (C=O) groups is 1. The van der Waals surface area contributed by atoms with E-state index in [-0.39, 0.29) is 24.0 Å². The highest BCUT2D eigenvalue weighted by Crippen LogP contribution is 2.34. The van der Waals surface area contributed by atoms with Gasteiger partial charge in [-0.05, 0) is 98.0 Å². The van der Waals surface area contributed by atoms with Gasteiger partial charge in [0.1, 0.15) is 5.75 Å². The van der Waals surface area contributed by atoms with Gasteiger partial charge in [0.05, 0.1) is 30.3 Å². The molecule has 9 nitrogen and oxygen atoms in total. The molecule has 1 amide bonds. The molecule has 5 rings (SSSR count). The van der Waals surface area contributed by atoms with Crippen molar-refractivity contribution < 1.29 is 19.0 Å². The number of anilines is 1.